The van der Waals surface area contributed by atoms with Crippen molar-refractivity contribution in [3.05, 3.63) is 22.7 Å². The van der Waals surface area contributed by atoms with Gasteiger partial charge >= 0.3 is 5.97 Å². The van der Waals surface area contributed by atoms with Crippen molar-refractivity contribution in [3.8, 4) is 0 Å². The second-order valence-electron chi connectivity index (χ2n) is 4.37. The summed E-state index contributed by atoms with van der Waals surface area (Å²) >= 11 is 0. The van der Waals surface area contributed by atoms with Crippen LogP contribution in [0.3, 0.4) is 0 Å². The Morgan fingerprint density at radius 2 is 2.22 bits per heavy atom. The highest BCUT2D eigenvalue weighted by Gasteiger charge is 2.16. The maximum absolute atomic E-state index is 12.2. The lowest BCUT2D eigenvalue weighted by Crippen LogP contribution is -2.37. The van der Waals surface area contributed by atoms with E-state index in [9.17, 15) is 9.59 Å². The van der Waals surface area contributed by atoms with Crippen LogP contribution in [0.2, 0.25) is 0 Å². The van der Waals surface area contributed by atoms with Crippen LogP contribution in [-0.4, -0.2) is 33.7 Å². The molecule has 0 unspecified atom stereocenters. The first kappa shape index (κ1) is 14.2. The third-order valence-corrected chi connectivity index (χ3v) is 2.53. The lowest BCUT2D eigenvalue weighted by molar-refractivity contribution is -0.135. The van der Waals surface area contributed by atoms with Gasteiger partial charge in [0, 0.05) is 25.0 Å². The zero-order valence-electron chi connectivity index (χ0n) is 11.0. The number of carboxylic acids is 1. The van der Waals surface area contributed by atoms with Gasteiger partial charge in [0.2, 0.25) is 0 Å². The molecule has 6 nitrogen and oxygen atoms in total. The normalized spacial score (nSPS) is 10.7. The van der Waals surface area contributed by atoms with Crippen LogP contribution in [0.4, 0.5) is 5.82 Å². The molecule has 0 aliphatic rings. The minimum atomic E-state index is -0.968. The van der Waals surface area contributed by atoms with Gasteiger partial charge in [-0.1, -0.05) is 6.92 Å². The summed E-state index contributed by atoms with van der Waals surface area (Å²) in [6.45, 7) is 6.01. The van der Waals surface area contributed by atoms with Crippen LogP contribution in [0.1, 0.15) is 33.2 Å². The molecule has 0 fully saturated rings. The lowest BCUT2D eigenvalue weighted by Gasteiger charge is -2.21. The number of rotatable bonds is 6. The number of carboxylic acid groups (broad SMARTS) is 1. The van der Waals surface area contributed by atoms with Crippen molar-refractivity contribution in [2.24, 2.45) is 0 Å². The quantitative estimate of drug-likeness (QED) is 0.822. The third kappa shape index (κ3) is 3.32. The molecule has 0 aliphatic carbocycles. The van der Waals surface area contributed by atoms with Gasteiger partial charge in [-0.15, -0.1) is 0 Å². The van der Waals surface area contributed by atoms with Crippen LogP contribution >= 0.6 is 0 Å². The molecule has 1 N–H and O–H groups in total. The standard InChI is InChI=1S/C12H19N3O3/c1-4-6-14(8-10(16)17)11-12(18)15(9(2)3)7-5-13-11/h5,7,9H,4,6,8H2,1-3H3,(H,16,17). The Kier molecular flexibility index (Phi) is 4.88. The van der Waals surface area contributed by atoms with E-state index < -0.39 is 5.97 Å². The average molecular weight is 253 g/mol. The van der Waals surface area contributed by atoms with E-state index in [-0.39, 0.29) is 24.0 Å². The number of aromatic nitrogens is 2. The SMILES string of the molecule is CCCN(CC(=O)O)c1nccn(C(C)C)c1=O. The van der Waals surface area contributed by atoms with Crippen molar-refractivity contribution in [1.82, 2.24) is 9.55 Å². The van der Waals surface area contributed by atoms with Gasteiger partial charge in [0.05, 0.1) is 0 Å². The first-order chi connectivity index (χ1) is 8.47. The molecule has 0 aliphatic heterocycles. The molecule has 100 valence electrons. The number of aliphatic carboxylic acids is 1. The molecule has 6 heteroatoms. The second kappa shape index (κ2) is 6.18. The molecule has 1 heterocycles. The van der Waals surface area contributed by atoms with Crippen LogP contribution in [0.15, 0.2) is 17.2 Å². The minimum absolute atomic E-state index is 0.0209. The van der Waals surface area contributed by atoms with E-state index >= 15 is 0 Å². The second-order valence-corrected chi connectivity index (χ2v) is 4.37. The predicted octanol–water partition coefficient (Wildman–Crippen LogP) is 1.13. The van der Waals surface area contributed by atoms with Gasteiger partial charge in [-0.3, -0.25) is 9.59 Å². The number of hydrogen-bond donors (Lipinski definition) is 1. The maximum atomic E-state index is 12.2. The van der Waals surface area contributed by atoms with Gasteiger partial charge in [-0.05, 0) is 20.3 Å². The van der Waals surface area contributed by atoms with E-state index in [0.29, 0.717) is 6.54 Å². The Morgan fingerprint density at radius 3 is 2.72 bits per heavy atom. The van der Waals surface area contributed by atoms with Gasteiger partial charge in [-0.25, -0.2) is 4.98 Å². The summed E-state index contributed by atoms with van der Waals surface area (Å²) in [6, 6.07) is 0.0209. The number of nitrogens with zero attached hydrogens (tertiary/aromatic N) is 3. The number of anilines is 1. The molecule has 1 aromatic rings. The fraction of sp³-hybridized carbons (Fsp3) is 0.583. The van der Waals surface area contributed by atoms with Gasteiger partial charge < -0.3 is 14.6 Å². The topological polar surface area (TPSA) is 75.4 Å². The summed E-state index contributed by atoms with van der Waals surface area (Å²) in [5.41, 5.74) is -0.248. The van der Waals surface area contributed by atoms with Crippen LogP contribution in [0, 0.1) is 0 Å². The van der Waals surface area contributed by atoms with E-state index in [1.165, 1.54) is 11.1 Å². The van der Waals surface area contributed by atoms with E-state index in [0.717, 1.165) is 6.42 Å². The highest BCUT2D eigenvalue weighted by molar-refractivity contribution is 5.73. The fourth-order valence-electron chi connectivity index (χ4n) is 1.73. The molecule has 0 saturated carbocycles. The summed E-state index contributed by atoms with van der Waals surface area (Å²) in [6.07, 6.45) is 3.90. The van der Waals surface area contributed by atoms with E-state index in [1.54, 1.807) is 10.8 Å². The highest BCUT2D eigenvalue weighted by Crippen LogP contribution is 2.07. The van der Waals surface area contributed by atoms with Crippen LogP contribution in [0.5, 0.6) is 0 Å². The Labute approximate surface area is 106 Å². The molecule has 0 atom stereocenters. The molecule has 0 radical (unpaired) electrons. The van der Waals surface area contributed by atoms with Crippen LogP contribution < -0.4 is 10.5 Å². The monoisotopic (exact) mass is 253 g/mol. The van der Waals surface area contributed by atoms with Crippen LogP contribution in [-0.2, 0) is 4.79 Å². The zero-order chi connectivity index (χ0) is 13.7. The minimum Gasteiger partial charge on any atom is -0.480 e. The Balaban J connectivity index is 3.16. The Hall–Kier alpha value is -1.85. The third-order valence-electron chi connectivity index (χ3n) is 2.53. The number of hydrogen-bond acceptors (Lipinski definition) is 4. The smallest absolute Gasteiger partial charge is 0.323 e. The number of carbonyl (C=O) groups is 1. The molecular formula is C12H19N3O3. The molecule has 1 aromatic heterocycles. The van der Waals surface area contributed by atoms with Crippen molar-refractivity contribution in [1.29, 1.82) is 0 Å². The van der Waals surface area contributed by atoms with Crippen molar-refractivity contribution >= 4 is 11.8 Å². The van der Waals surface area contributed by atoms with Gasteiger partial charge in [0.15, 0.2) is 5.82 Å². The molecule has 18 heavy (non-hydrogen) atoms. The molecule has 1 rings (SSSR count). The summed E-state index contributed by atoms with van der Waals surface area (Å²) in [7, 11) is 0. The van der Waals surface area contributed by atoms with Gasteiger partial charge in [-0.2, -0.15) is 0 Å². The molecule has 0 bridgehead atoms. The zero-order valence-corrected chi connectivity index (χ0v) is 11.0. The van der Waals surface area contributed by atoms with Crippen molar-refractivity contribution in [2.75, 3.05) is 18.0 Å². The van der Waals surface area contributed by atoms with Gasteiger partial charge in [0.1, 0.15) is 6.54 Å². The Bertz CT molecular complexity index is 468. The Morgan fingerprint density at radius 1 is 1.56 bits per heavy atom. The highest BCUT2D eigenvalue weighted by atomic mass is 16.4. The first-order valence-electron chi connectivity index (χ1n) is 6.01. The summed E-state index contributed by atoms with van der Waals surface area (Å²) in [4.78, 5) is 28.5. The predicted molar refractivity (Wildman–Crippen MR) is 69.0 cm³/mol. The fourth-order valence-corrected chi connectivity index (χ4v) is 1.73. The van der Waals surface area contributed by atoms with E-state index in [2.05, 4.69) is 4.98 Å². The van der Waals surface area contributed by atoms with Crippen molar-refractivity contribution < 1.29 is 9.90 Å². The van der Waals surface area contributed by atoms with Crippen molar-refractivity contribution in [2.45, 2.75) is 33.2 Å². The van der Waals surface area contributed by atoms with Crippen LogP contribution in [0.25, 0.3) is 0 Å². The maximum Gasteiger partial charge on any atom is 0.323 e. The molecule has 0 spiro atoms. The van der Waals surface area contributed by atoms with Crippen molar-refractivity contribution in [3.63, 3.8) is 0 Å². The molecule has 0 saturated heterocycles. The van der Waals surface area contributed by atoms with E-state index in [1.807, 2.05) is 20.8 Å². The largest absolute Gasteiger partial charge is 0.480 e. The van der Waals surface area contributed by atoms with Gasteiger partial charge in [0.25, 0.3) is 5.56 Å². The summed E-state index contributed by atoms with van der Waals surface area (Å²) in [5.74, 6) is -0.764. The summed E-state index contributed by atoms with van der Waals surface area (Å²) < 4.78 is 1.55. The van der Waals surface area contributed by atoms with E-state index in [4.69, 9.17) is 5.11 Å². The lowest BCUT2D eigenvalue weighted by atomic mass is 10.3. The molecule has 0 aromatic carbocycles. The first-order valence-corrected chi connectivity index (χ1v) is 6.01. The summed E-state index contributed by atoms with van der Waals surface area (Å²) in [5, 5.41) is 8.86. The molecule has 0 amide bonds. The molecular weight excluding hydrogens is 234 g/mol. The average Bonchev–Trinajstić information content (AvgIpc) is 2.27.